The van der Waals surface area contributed by atoms with Crippen LogP contribution in [0.25, 0.3) is 11.1 Å². The number of nitro benzene ring substituents is 1. The van der Waals surface area contributed by atoms with Crippen LogP contribution in [0.2, 0.25) is 0 Å². The quantitative estimate of drug-likeness (QED) is 0.487. The maximum Gasteiger partial charge on any atom is 0.275 e. The summed E-state index contributed by atoms with van der Waals surface area (Å²) in [5.41, 5.74) is 0.417. The number of aromatic nitrogens is 2. The molecule has 2 rings (SSSR count). The average molecular weight is 287 g/mol. The summed E-state index contributed by atoms with van der Waals surface area (Å²) in [6, 6.07) is 5.52. The number of rotatable bonds is 4. The van der Waals surface area contributed by atoms with Crippen molar-refractivity contribution in [1.82, 2.24) is 9.78 Å². The molecule has 0 saturated carbocycles. The van der Waals surface area contributed by atoms with Gasteiger partial charge < -0.3 is 0 Å². The molecular weight excluding hydrogens is 274 g/mol. The number of aryl methyl sites for hydroxylation is 1. The van der Waals surface area contributed by atoms with E-state index < -0.39 is 4.92 Å². The minimum atomic E-state index is -0.521. The maximum absolute atomic E-state index is 12.4. The molecule has 7 heteroatoms. The first-order chi connectivity index (χ1) is 9.95. The minimum absolute atomic E-state index is 0.0759. The van der Waals surface area contributed by atoms with E-state index in [1.54, 1.807) is 6.92 Å². The molecule has 0 N–H and O–H groups in total. The van der Waals surface area contributed by atoms with Crippen molar-refractivity contribution in [3.63, 3.8) is 0 Å². The van der Waals surface area contributed by atoms with E-state index in [9.17, 15) is 19.7 Å². The van der Waals surface area contributed by atoms with Crippen molar-refractivity contribution in [2.75, 3.05) is 0 Å². The molecule has 0 radical (unpaired) electrons. The van der Waals surface area contributed by atoms with E-state index in [2.05, 4.69) is 5.10 Å². The Labute approximate surface area is 120 Å². The predicted molar refractivity (Wildman–Crippen MR) is 76.3 cm³/mol. The van der Waals surface area contributed by atoms with Crippen molar-refractivity contribution in [3.05, 3.63) is 56.5 Å². The lowest BCUT2D eigenvalue weighted by Crippen LogP contribution is -2.25. The lowest BCUT2D eigenvalue weighted by molar-refractivity contribution is -0.384. The number of nitrogens with zero attached hydrogens (tertiary/aromatic N) is 3. The summed E-state index contributed by atoms with van der Waals surface area (Å²) in [5, 5.41) is 14.6. The Balaban J connectivity index is 2.68. The zero-order valence-electron chi connectivity index (χ0n) is 11.6. The number of Topliss-reactive ketones (excluding diaryl/α,β-unsaturated/α-hetero) is 1. The Morgan fingerprint density at radius 1 is 1.33 bits per heavy atom. The second-order valence-electron chi connectivity index (χ2n) is 4.41. The summed E-state index contributed by atoms with van der Waals surface area (Å²) < 4.78 is 1.24. The predicted octanol–water partition coefficient (Wildman–Crippen LogP) is 2.04. The molecule has 0 fully saturated rings. The molecule has 0 aliphatic rings. The average Bonchev–Trinajstić information content (AvgIpc) is 2.46. The van der Waals surface area contributed by atoms with E-state index in [-0.39, 0.29) is 28.2 Å². The largest absolute Gasteiger partial charge is 0.294 e. The van der Waals surface area contributed by atoms with Gasteiger partial charge in [0.15, 0.2) is 5.78 Å². The van der Waals surface area contributed by atoms with Crippen LogP contribution in [0.15, 0.2) is 35.3 Å². The van der Waals surface area contributed by atoms with E-state index in [4.69, 9.17) is 0 Å². The van der Waals surface area contributed by atoms with Crippen LogP contribution in [0.5, 0.6) is 0 Å². The Hall–Kier alpha value is -2.83. The van der Waals surface area contributed by atoms with Crippen LogP contribution < -0.4 is 5.56 Å². The first-order valence-corrected chi connectivity index (χ1v) is 6.31. The van der Waals surface area contributed by atoms with Gasteiger partial charge in [-0.2, -0.15) is 5.10 Å². The first kappa shape index (κ1) is 14.6. The molecule has 7 nitrogen and oxygen atoms in total. The molecular formula is C14H13N3O4. The van der Waals surface area contributed by atoms with Crippen LogP contribution in [-0.2, 0) is 6.54 Å². The van der Waals surface area contributed by atoms with E-state index in [1.165, 1.54) is 42.1 Å². The summed E-state index contributed by atoms with van der Waals surface area (Å²) >= 11 is 0. The van der Waals surface area contributed by atoms with E-state index in [0.29, 0.717) is 12.1 Å². The monoisotopic (exact) mass is 287 g/mol. The summed E-state index contributed by atoms with van der Waals surface area (Å²) in [6.07, 6.45) is 1.35. The number of hydrogen-bond donors (Lipinski definition) is 0. The van der Waals surface area contributed by atoms with Gasteiger partial charge in [0.1, 0.15) is 0 Å². The Morgan fingerprint density at radius 2 is 1.95 bits per heavy atom. The van der Waals surface area contributed by atoms with Gasteiger partial charge >= 0.3 is 0 Å². The molecule has 21 heavy (non-hydrogen) atoms. The molecule has 0 unspecified atom stereocenters. The maximum atomic E-state index is 12.4. The van der Waals surface area contributed by atoms with E-state index in [1.807, 2.05) is 0 Å². The number of benzene rings is 1. The third-order valence-corrected chi connectivity index (χ3v) is 3.09. The molecule has 0 atom stereocenters. The number of carbonyl (C=O) groups excluding carboxylic acids is 1. The molecule has 0 bridgehead atoms. The van der Waals surface area contributed by atoms with E-state index in [0.717, 1.165) is 0 Å². The fourth-order valence-corrected chi connectivity index (χ4v) is 2.01. The van der Waals surface area contributed by atoms with Crippen LogP contribution in [-0.4, -0.2) is 20.5 Å². The van der Waals surface area contributed by atoms with Gasteiger partial charge in [0.25, 0.3) is 11.2 Å². The second-order valence-corrected chi connectivity index (χ2v) is 4.41. The van der Waals surface area contributed by atoms with Gasteiger partial charge in [0.2, 0.25) is 0 Å². The van der Waals surface area contributed by atoms with Crippen molar-refractivity contribution < 1.29 is 9.72 Å². The normalized spacial score (nSPS) is 10.4. The van der Waals surface area contributed by atoms with Gasteiger partial charge in [-0.05, 0) is 31.5 Å². The molecule has 1 heterocycles. The molecule has 1 aromatic carbocycles. The highest BCUT2D eigenvalue weighted by Crippen LogP contribution is 2.22. The van der Waals surface area contributed by atoms with Crippen molar-refractivity contribution >= 4 is 11.5 Å². The Kier molecular flexibility index (Phi) is 3.93. The third-order valence-electron chi connectivity index (χ3n) is 3.09. The number of hydrogen-bond acceptors (Lipinski definition) is 5. The number of carbonyl (C=O) groups is 1. The summed E-state index contributed by atoms with van der Waals surface area (Å²) in [7, 11) is 0. The van der Waals surface area contributed by atoms with Gasteiger partial charge in [-0.25, -0.2) is 4.68 Å². The highest BCUT2D eigenvalue weighted by atomic mass is 16.6. The molecule has 1 aromatic heterocycles. The molecule has 0 amide bonds. The van der Waals surface area contributed by atoms with Crippen LogP contribution >= 0.6 is 0 Å². The highest BCUT2D eigenvalue weighted by Gasteiger charge is 2.17. The minimum Gasteiger partial charge on any atom is -0.294 e. The van der Waals surface area contributed by atoms with Crippen molar-refractivity contribution in [2.24, 2.45) is 0 Å². The van der Waals surface area contributed by atoms with Crippen LogP contribution in [0.4, 0.5) is 5.69 Å². The summed E-state index contributed by atoms with van der Waals surface area (Å²) in [5.74, 6) is -0.281. The number of non-ortho nitro benzene ring substituents is 1. The van der Waals surface area contributed by atoms with Gasteiger partial charge in [-0.3, -0.25) is 19.7 Å². The fraction of sp³-hybridized carbons (Fsp3) is 0.214. The van der Waals surface area contributed by atoms with Crippen LogP contribution in [0.3, 0.4) is 0 Å². The second kappa shape index (κ2) is 5.66. The summed E-state index contributed by atoms with van der Waals surface area (Å²) in [4.78, 5) is 34.2. The summed E-state index contributed by atoms with van der Waals surface area (Å²) in [6.45, 7) is 3.49. The molecule has 2 aromatic rings. The first-order valence-electron chi connectivity index (χ1n) is 6.31. The van der Waals surface area contributed by atoms with Gasteiger partial charge in [0.05, 0.1) is 22.2 Å². The van der Waals surface area contributed by atoms with Gasteiger partial charge in [0, 0.05) is 18.7 Å². The SMILES string of the molecule is CCn1ncc(C(C)=O)c(-c2ccc([N+](=O)[O-])cc2)c1=O. The smallest absolute Gasteiger partial charge is 0.275 e. The standard InChI is InChI=1S/C14H13N3O4/c1-3-16-14(19)13(12(8-15-16)9(2)18)10-4-6-11(7-5-10)17(20)21/h4-8H,3H2,1-2H3. The van der Waals surface area contributed by atoms with Crippen molar-refractivity contribution in [2.45, 2.75) is 20.4 Å². The Morgan fingerprint density at radius 3 is 2.43 bits per heavy atom. The third kappa shape index (κ3) is 2.71. The number of nitro groups is 1. The van der Waals surface area contributed by atoms with Gasteiger partial charge in [-0.15, -0.1) is 0 Å². The zero-order chi connectivity index (χ0) is 15.6. The Bertz CT molecular complexity index is 763. The van der Waals surface area contributed by atoms with Gasteiger partial charge in [-0.1, -0.05) is 0 Å². The van der Waals surface area contributed by atoms with Crippen molar-refractivity contribution in [1.29, 1.82) is 0 Å². The molecule has 0 spiro atoms. The highest BCUT2D eigenvalue weighted by molar-refractivity contribution is 6.00. The van der Waals surface area contributed by atoms with Crippen LogP contribution in [0, 0.1) is 10.1 Å². The van der Waals surface area contributed by atoms with Crippen molar-refractivity contribution in [3.8, 4) is 11.1 Å². The molecule has 108 valence electrons. The molecule has 0 saturated heterocycles. The molecule has 0 aliphatic heterocycles. The van der Waals surface area contributed by atoms with Crippen LogP contribution in [0.1, 0.15) is 24.2 Å². The van der Waals surface area contributed by atoms with E-state index >= 15 is 0 Å². The fourth-order valence-electron chi connectivity index (χ4n) is 2.01. The number of ketones is 1. The lowest BCUT2D eigenvalue weighted by Gasteiger charge is -2.09. The topological polar surface area (TPSA) is 95.1 Å². The zero-order valence-corrected chi connectivity index (χ0v) is 11.6. The molecule has 0 aliphatic carbocycles. The lowest BCUT2D eigenvalue weighted by atomic mass is 10.0.